The molecule has 0 bridgehead atoms. The largest absolute Gasteiger partial charge is 0.497 e. The van der Waals surface area contributed by atoms with Gasteiger partial charge in [-0.05, 0) is 30.5 Å². The van der Waals surface area contributed by atoms with Gasteiger partial charge in [0.15, 0.2) is 0 Å². The summed E-state index contributed by atoms with van der Waals surface area (Å²) in [6.07, 6.45) is 4.66. The molecule has 0 radical (unpaired) electrons. The van der Waals surface area contributed by atoms with Crippen LogP contribution < -0.4 is 10.1 Å². The van der Waals surface area contributed by atoms with E-state index in [1.807, 2.05) is 12.1 Å². The number of hydrogen-bond donors (Lipinski definition) is 1. The number of carbonyl (C=O) groups excluding carboxylic acids is 1. The van der Waals surface area contributed by atoms with Crippen LogP contribution in [0.5, 0.6) is 5.75 Å². The first-order valence-corrected chi connectivity index (χ1v) is 7.10. The van der Waals surface area contributed by atoms with Gasteiger partial charge >= 0.3 is 0 Å². The van der Waals surface area contributed by atoms with Gasteiger partial charge in [-0.1, -0.05) is 25.0 Å². The topological polar surface area (TPSA) is 47.6 Å². The molecular weight excluding hydrogens is 254 g/mol. The van der Waals surface area contributed by atoms with Crippen LogP contribution in [0, 0.1) is 0 Å². The van der Waals surface area contributed by atoms with Crippen LogP contribution in [0.15, 0.2) is 24.3 Å². The summed E-state index contributed by atoms with van der Waals surface area (Å²) in [6, 6.07) is 8.22. The van der Waals surface area contributed by atoms with Crippen LogP contribution in [0.25, 0.3) is 0 Å². The second kappa shape index (κ2) is 6.75. The molecule has 1 amide bonds. The number of benzene rings is 1. The normalized spacial score (nSPS) is 16.9. The summed E-state index contributed by atoms with van der Waals surface area (Å²) in [4.78, 5) is 11.6. The lowest BCUT2D eigenvalue weighted by atomic mass is 9.79. The van der Waals surface area contributed by atoms with Gasteiger partial charge in [-0.3, -0.25) is 4.79 Å². The van der Waals surface area contributed by atoms with Crippen molar-refractivity contribution in [3.8, 4) is 5.75 Å². The van der Waals surface area contributed by atoms with E-state index in [0.717, 1.165) is 18.6 Å². The van der Waals surface area contributed by atoms with Gasteiger partial charge in [-0.15, -0.1) is 0 Å². The number of ether oxygens (including phenoxy) is 2. The third-order valence-electron chi connectivity index (χ3n) is 4.16. The molecule has 0 saturated heterocycles. The van der Waals surface area contributed by atoms with Crippen molar-refractivity contribution >= 4 is 5.91 Å². The Labute approximate surface area is 120 Å². The molecule has 0 aliphatic heterocycles. The second-order valence-corrected chi connectivity index (χ2v) is 5.43. The predicted molar refractivity (Wildman–Crippen MR) is 78.0 cm³/mol. The Bertz CT molecular complexity index is 436. The molecule has 4 nitrogen and oxygen atoms in total. The lowest BCUT2D eigenvalue weighted by Crippen LogP contribution is -2.40. The zero-order chi connectivity index (χ0) is 14.4. The number of rotatable bonds is 6. The SMILES string of the molecule is COCC(=O)NCC1(c2ccc(OC)cc2)CCCC1. The van der Waals surface area contributed by atoms with Gasteiger partial charge in [0.1, 0.15) is 12.4 Å². The highest BCUT2D eigenvalue weighted by Gasteiger charge is 2.35. The molecule has 0 heterocycles. The Morgan fingerprint density at radius 3 is 2.40 bits per heavy atom. The van der Waals surface area contributed by atoms with Crippen molar-refractivity contribution in [1.29, 1.82) is 0 Å². The van der Waals surface area contributed by atoms with Crippen molar-refractivity contribution in [2.75, 3.05) is 27.4 Å². The molecule has 1 aromatic rings. The molecule has 0 unspecified atom stereocenters. The maximum atomic E-state index is 11.6. The number of amides is 1. The van der Waals surface area contributed by atoms with E-state index in [4.69, 9.17) is 9.47 Å². The average molecular weight is 277 g/mol. The molecule has 110 valence electrons. The molecule has 2 rings (SSSR count). The van der Waals surface area contributed by atoms with Crippen LogP contribution in [0.2, 0.25) is 0 Å². The average Bonchev–Trinajstić information content (AvgIpc) is 2.96. The zero-order valence-corrected chi connectivity index (χ0v) is 12.3. The predicted octanol–water partition coefficient (Wildman–Crippen LogP) is 2.27. The molecule has 0 spiro atoms. The minimum atomic E-state index is -0.0488. The maximum absolute atomic E-state index is 11.6. The van der Waals surface area contributed by atoms with Gasteiger partial charge in [-0.2, -0.15) is 0 Å². The summed E-state index contributed by atoms with van der Waals surface area (Å²) in [5.41, 5.74) is 1.35. The van der Waals surface area contributed by atoms with Gasteiger partial charge in [0.05, 0.1) is 7.11 Å². The van der Waals surface area contributed by atoms with Crippen molar-refractivity contribution in [2.45, 2.75) is 31.1 Å². The van der Waals surface area contributed by atoms with Gasteiger partial charge in [0.25, 0.3) is 0 Å². The highest BCUT2D eigenvalue weighted by Crippen LogP contribution is 2.41. The van der Waals surface area contributed by atoms with E-state index in [1.165, 1.54) is 25.5 Å². The minimum Gasteiger partial charge on any atom is -0.497 e. The van der Waals surface area contributed by atoms with Crippen molar-refractivity contribution in [3.63, 3.8) is 0 Å². The van der Waals surface area contributed by atoms with Crippen molar-refractivity contribution in [2.24, 2.45) is 0 Å². The Kier molecular flexibility index (Phi) is 5.01. The number of nitrogens with one attached hydrogen (secondary N) is 1. The van der Waals surface area contributed by atoms with E-state index in [2.05, 4.69) is 17.4 Å². The first kappa shape index (κ1) is 14.9. The molecule has 20 heavy (non-hydrogen) atoms. The Hall–Kier alpha value is -1.55. The van der Waals surface area contributed by atoms with Crippen LogP contribution in [-0.2, 0) is 14.9 Å². The molecule has 0 atom stereocenters. The fraction of sp³-hybridized carbons (Fsp3) is 0.562. The Balaban J connectivity index is 2.10. The van der Waals surface area contributed by atoms with Crippen LogP contribution in [0.4, 0.5) is 0 Å². The Morgan fingerprint density at radius 1 is 1.20 bits per heavy atom. The summed E-state index contributed by atoms with van der Waals surface area (Å²) in [5, 5.41) is 3.00. The molecule has 1 fully saturated rings. The smallest absolute Gasteiger partial charge is 0.246 e. The molecular formula is C16H23NO3. The number of methoxy groups -OCH3 is 2. The van der Waals surface area contributed by atoms with E-state index in [9.17, 15) is 4.79 Å². The lowest BCUT2D eigenvalue weighted by Gasteiger charge is -2.30. The summed E-state index contributed by atoms with van der Waals surface area (Å²) in [5.74, 6) is 0.817. The zero-order valence-electron chi connectivity index (χ0n) is 12.3. The molecule has 4 heteroatoms. The lowest BCUT2D eigenvalue weighted by molar-refractivity contribution is -0.125. The number of hydrogen-bond acceptors (Lipinski definition) is 3. The minimum absolute atomic E-state index is 0.0488. The Morgan fingerprint density at radius 2 is 1.85 bits per heavy atom. The second-order valence-electron chi connectivity index (χ2n) is 5.43. The molecule has 1 N–H and O–H groups in total. The van der Waals surface area contributed by atoms with Crippen LogP contribution in [-0.4, -0.2) is 33.3 Å². The van der Waals surface area contributed by atoms with E-state index in [-0.39, 0.29) is 17.9 Å². The highest BCUT2D eigenvalue weighted by molar-refractivity contribution is 5.77. The third kappa shape index (κ3) is 3.31. The quantitative estimate of drug-likeness (QED) is 0.867. The van der Waals surface area contributed by atoms with Crippen molar-refractivity contribution in [3.05, 3.63) is 29.8 Å². The molecule has 1 aromatic carbocycles. The van der Waals surface area contributed by atoms with Gasteiger partial charge in [-0.25, -0.2) is 0 Å². The van der Waals surface area contributed by atoms with E-state index in [0.29, 0.717) is 6.54 Å². The van der Waals surface area contributed by atoms with Crippen LogP contribution in [0.3, 0.4) is 0 Å². The number of carbonyl (C=O) groups is 1. The summed E-state index contributed by atoms with van der Waals surface area (Å²) in [7, 11) is 3.21. The monoisotopic (exact) mass is 277 g/mol. The van der Waals surface area contributed by atoms with Crippen LogP contribution in [0.1, 0.15) is 31.2 Å². The maximum Gasteiger partial charge on any atom is 0.246 e. The summed E-state index contributed by atoms with van der Waals surface area (Å²) < 4.78 is 10.1. The molecule has 1 saturated carbocycles. The molecule has 1 aliphatic carbocycles. The van der Waals surface area contributed by atoms with Crippen molar-refractivity contribution in [1.82, 2.24) is 5.32 Å². The van der Waals surface area contributed by atoms with E-state index < -0.39 is 0 Å². The first-order valence-electron chi connectivity index (χ1n) is 7.10. The fourth-order valence-corrected chi connectivity index (χ4v) is 3.01. The van der Waals surface area contributed by atoms with Gasteiger partial charge < -0.3 is 14.8 Å². The van der Waals surface area contributed by atoms with E-state index >= 15 is 0 Å². The van der Waals surface area contributed by atoms with Crippen LogP contribution >= 0.6 is 0 Å². The summed E-state index contributed by atoms with van der Waals surface area (Å²) >= 11 is 0. The fourth-order valence-electron chi connectivity index (χ4n) is 3.01. The van der Waals surface area contributed by atoms with Gasteiger partial charge in [0.2, 0.25) is 5.91 Å². The molecule has 1 aliphatic rings. The highest BCUT2D eigenvalue weighted by atomic mass is 16.5. The first-order chi connectivity index (χ1) is 9.70. The third-order valence-corrected chi connectivity index (χ3v) is 4.16. The summed E-state index contributed by atoms with van der Waals surface area (Å²) in [6.45, 7) is 0.806. The molecule has 0 aromatic heterocycles. The van der Waals surface area contributed by atoms with Gasteiger partial charge in [0, 0.05) is 19.1 Å². The van der Waals surface area contributed by atoms with Crippen molar-refractivity contribution < 1.29 is 14.3 Å². The van der Waals surface area contributed by atoms with E-state index in [1.54, 1.807) is 7.11 Å². The standard InChI is InChI=1S/C16H23NO3/c1-19-11-15(18)17-12-16(9-3-4-10-16)13-5-7-14(20-2)8-6-13/h5-8H,3-4,9-12H2,1-2H3,(H,17,18).